The highest BCUT2D eigenvalue weighted by molar-refractivity contribution is 5.98. The van der Waals surface area contributed by atoms with E-state index in [1.165, 1.54) is 24.5 Å². The van der Waals surface area contributed by atoms with Crippen LogP contribution in [0.3, 0.4) is 0 Å². The summed E-state index contributed by atoms with van der Waals surface area (Å²) >= 11 is 0. The van der Waals surface area contributed by atoms with E-state index >= 15 is 4.39 Å². The van der Waals surface area contributed by atoms with Gasteiger partial charge in [0.25, 0.3) is 0 Å². The molecule has 0 spiro atoms. The maximum Gasteiger partial charge on any atom is 0.164 e. The number of hydrogen-bond donors (Lipinski definition) is 1. The maximum atomic E-state index is 15.5. The Hall–Kier alpha value is -4.51. The van der Waals surface area contributed by atoms with E-state index in [9.17, 15) is 4.39 Å². The monoisotopic (exact) mass is 534 g/mol. The molecule has 9 nitrogen and oxygen atoms in total. The Bertz CT molecular complexity index is 1740. The number of halogens is 2. The van der Waals surface area contributed by atoms with E-state index in [1.807, 2.05) is 0 Å². The van der Waals surface area contributed by atoms with Gasteiger partial charge in [-0.1, -0.05) is 0 Å². The summed E-state index contributed by atoms with van der Waals surface area (Å²) in [4.78, 5) is 8.46. The molecular formula is C28H26F2N6O3. The Morgan fingerprint density at radius 1 is 1.08 bits per heavy atom. The molecule has 3 aromatic heterocycles. The summed E-state index contributed by atoms with van der Waals surface area (Å²) in [7, 11) is 1.68. The first-order valence-corrected chi connectivity index (χ1v) is 12.4. The lowest BCUT2D eigenvalue weighted by molar-refractivity contribution is 0.0674. The van der Waals surface area contributed by atoms with Gasteiger partial charge in [-0.05, 0) is 37.1 Å². The van der Waals surface area contributed by atoms with Gasteiger partial charge in [-0.15, -0.1) is 0 Å². The quantitative estimate of drug-likeness (QED) is 0.298. The summed E-state index contributed by atoms with van der Waals surface area (Å²) in [6, 6.07) is 10.9. The predicted molar refractivity (Wildman–Crippen MR) is 140 cm³/mol. The molecule has 1 aliphatic rings. The van der Waals surface area contributed by atoms with Gasteiger partial charge in [-0.2, -0.15) is 5.10 Å². The number of anilines is 1. The van der Waals surface area contributed by atoms with Crippen LogP contribution in [0.15, 0.2) is 61.1 Å². The van der Waals surface area contributed by atoms with Crippen molar-refractivity contribution in [2.45, 2.75) is 25.4 Å². The average Bonchev–Trinajstić information content (AvgIpc) is 3.54. The van der Waals surface area contributed by atoms with E-state index < -0.39 is 18.2 Å². The fourth-order valence-corrected chi connectivity index (χ4v) is 4.59. The predicted octanol–water partition coefficient (Wildman–Crippen LogP) is 5.42. The van der Waals surface area contributed by atoms with E-state index in [0.29, 0.717) is 29.9 Å². The number of nitrogens with two attached hydrogens (primary N) is 1. The zero-order valence-corrected chi connectivity index (χ0v) is 21.0. The SMILES string of the molecule is [2H]C([2H])(Oc1cc(F)cc(Oc2ccc(-c3nn(C4CCOCC4)c4ncnc(N)c34)c(F)c2)c1)c1cccn1C. The van der Waals surface area contributed by atoms with Gasteiger partial charge in [0.05, 0.1) is 19.9 Å². The Labute approximate surface area is 225 Å². The third-order valence-electron chi connectivity index (χ3n) is 6.55. The first-order chi connectivity index (χ1) is 19.7. The lowest BCUT2D eigenvalue weighted by atomic mass is 10.1. The Morgan fingerprint density at radius 3 is 2.67 bits per heavy atom. The second-order valence-electron chi connectivity index (χ2n) is 9.17. The van der Waals surface area contributed by atoms with E-state index in [-0.39, 0.29) is 40.4 Å². The maximum absolute atomic E-state index is 15.5. The fourth-order valence-electron chi connectivity index (χ4n) is 4.59. The first-order valence-electron chi connectivity index (χ1n) is 13.4. The number of fused-ring (bicyclic) bond motifs is 1. The van der Waals surface area contributed by atoms with Gasteiger partial charge >= 0.3 is 0 Å². The summed E-state index contributed by atoms with van der Waals surface area (Å²) in [6.07, 6.45) is 4.51. The standard InChI is InChI=1S/C28H26F2N6O3/c1-35-8-2-3-19(35)15-38-21-11-17(29)12-22(13-21)39-20-4-5-23(24(30)14-20)26-25-27(31)32-16-33-28(25)36(34-26)18-6-9-37-10-7-18/h2-5,8,11-14,16,18H,6-7,9-10,15H2,1H3,(H2,31,32,33)/i15D2. The van der Waals surface area contributed by atoms with Gasteiger partial charge in [0.1, 0.15) is 53.3 Å². The number of aromatic nitrogens is 5. The van der Waals surface area contributed by atoms with Crippen LogP contribution in [0, 0.1) is 11.6 Å². The highest BCUT2D eigenvalue weighted by atomic mass is 19.1. The molecule has 11 heteroatoms. The Balaban J connectivity index is 1.29. The lowest BCUT2D eigenvalue weighted by Gasteiger charge is -2.22. The third kappa shape index (κ3) is 5.00. The molecule has 1 saturated heterocycles. The molecule has 39 heavy (non-hydrogen) atoms. The molecule has 0 bridgehead atoms. The van der Waals surface area contributed by atoms with Crippen LogP contribution in [-0.4, -0.2) is 37.5 Å². The number of ether oxygens (including phenoxy) is 3. The van der Waals surface area contributed by atoms with Crippen molar-refractivity contribution in [3.63, 3.8) is 0 Å². The second kappa shape index (κ2) is 10.3. The summed E-state index contributed by atoms with van der Waals surface area (Å²) in [5.74, 6) is -1.17. The molecule has 1 aliphatic heterocycles. The van der Waals surface area contributed by atoms with Crippen LogP contribution in [0.5, 0.6) is 17.2 Å². The van der Waals surface area contributed by atoms with Gasteiger partial charge in [0.2, 0.25) is 0 Å². The van der Waals surface area contributed by atoms with E-state index in [4.69, 9.17) is 27.8 Å². The van der Waals surface area contributed by atoms with E-state index in [0.717, 1.165) is 31.0 Å². The van der Waals surface area contributed by atoms with E-state index in [2.05, 4.69) is 9.97 Å². The molecule has 4 heterocycles. The highest BCUT2D eigenvalue weighted by Gasteiger charge is 2.25. The van der Waals surface area contributed by atoms with Crippen molar-refractivity contribution in [2.75, 3.05) is 18.9 Å². The van der Waals surface area contributed by atoms with Gasteiger partial charge in [0, 0.05) is 56.3 Å². The fraction of sp³-hybridized carbons (Fsp3) is 0.250. The first kappa shape index (κ1) is 22.5. The van der Waals surface area contributed by atoms with Crippen molar-refractivity contribution in [3.05, 3.63) is 78.4 Å². The molecule has 1 fully saturated rings. The Morgan fingerprint density at radius 2 is 1.90 bits per heavy atom. The van der Waals surface area contributed by atoms with Crippen LogP contribution >= 0.6 is 0 Å². The van der Waals surface area contributed by atoms with Crippen molar-refractivity contribution in [3.8, 4) is 28.5 Å². The zero-order chi connectivity index (χ0) is 28.7. The minimum atomic E-state index is -2.24. The molecule has 0 saturated carbocycles. The molecule has 2 aromatic carbocycles. The minimum absolute atomic E-state index is 0.00159. The second-order valence-corrected chi connectivity index (χ2v) is 9.17. The summed E-state index contributed by atoms with van der Waals surface area (Å²) in [6.45, 7) is -1.06. The molecule has 2 N–H and O–H groups in total. The minimum Gasteiger partial charge on any atom is -0.487 e. The molecule has 6 rings (SSSR count). The molecule has 0 aliphatic carbocycles. The van der Waals surface area contributed by atoms with Crippen LogP contribution in [-0.2, 0) is 18.3 Å². The number of nitrogen functional groups attached to an aromatic ring is 1. The number of benzene rings is 2. The molecule has 0 unspecified atom stereocenters. The molecule has 5 aromatic rings. The Kier molecular flexibility index (Phi) is 5.95. The molecule has 0 atom stereocenters. The number of nitrogens with zero attached hydrogens (tertiary/aromatic N) is 5. The van der Waals surface area contributed by atoms with Gasteiger partial charge in [-0.3, -0.25) is 0 Å². The van der Waals surface area contributed by atoms with Crippen molar-refractivity contribution in [1.29, 1.82) is 0 Å². The van der Waals surface area contributed by atoms with Crippen molar-refractivity contribution in [2.24, 2.45) is 7.05 Å². The van der Waals surface area contributed by atoms with Gasteiger partial charge in [-0.25, -0.2) is 23.4 Å². The number of aryl methyl sites for hydroxylation is 1. The number of hydrogen-bond acceptors (Lipinski definition) is 7. The molecule has 0 amide bonds. The van der Waals surface area contributed by atoms with Crippen LogP contribution in [0.4, 0.5) is 14.6 Å². The smallest absolute Gasteiger partial charge is 0.164 e. The van der Waals surface area contributed by atoms with Crippen molar-refractivity contribution < 1.29 is 25.7 Å². The number of rotatable bonds is 7. The van der Waals surface area contributed by atoms with Gasteiger partial charge < -0.3 is 24.5 Å². The lowest BCUT2D eigenvalue weighted by Crippen LogP contribution is -2.20. The summed E-state index contributed by atoms with van der Waals surface area (Å²) in [5, 5.41) is 5.15. The summed E-state index contributed by atoms with van der Waals surface area (Å²) < 4.78 is 66.5. The van der Waals surface area contributed by atoms with E-state index in [1.54, 1.807) is 34.6 Å². The third-order valence-corrected chi connectivity index (χ3v) is 6.55. The molecule has 200 valence electrons. The van der Waals surface area contributed by atoms with Crippen LogP contribution in [0.25, 0.3) is 22.3 Å². The largest absolute Gasteiger partial charge is 0.487 e. The highest BCUT2D eigenvalue weighted by Crippen LogP contribution is 2.37. The molecule has 0 radical (unpaired) electrons. The van der Waals surface area contributed by atoms with Crippen molar-refractivity contribution >= 4 is 16.9 Å². The van der Waals surface area contributed by atoms with Crippen LogP contribution < -0.4 is 15.2 Å². The molecular weight excluding hydrogens is 506 g/mol. The van der Waals surface area contributed by atoms with Gasteiger partial charge in [0.15, 0.2) is 5.65 Å². The topological polar surface area (TPSA) is 102 Å². The zero-order valence-electron chi connectivity index (χ0n) is 23.0. The normalized spacial score (nSPS) is 15.3. The van der Waals surface area contributed by atoms with Crippen LogP contribution in [0.1, 0.15) is 27.3 Å². The summed E-state index contributed by atoms with van der Waals surface area (Å²) in [5.41, 5.74) is 7.42. The van der Waals surface area contributed by atoms with Crippen LogP contribution in [0.2, 0.25) is 0 Å². The van der Waals surface area contributed by atoms with Crippen molar-refractivity contribution in [1.82, 2.24) is 24.3 Å². The average molecular weight is 535 g/mol.